The van der Waals surface area contributed by atoms with Crippen molar-refractivity contribution >= 4 is 21.6 Å². The molecule has 1 aliphatic heterocycles. The van der Waals surface area contributed by atoms with Crippen molar-refractivity contribution in [3.8, 4) is 5.75 Å². The molecular formula is C19H22FN3O4S. The fraction of sp³-hybridized carbons (Fsp3) is 0.316. The molecule has 0 saturated carbocycles. The first-order valence-corrected chi connectivity index (χ1v) is 10.3. The van der Waals surface area contributed by atoms with Gasteiger partial charge in [-0.15, -0.1) is 0 Å². The van der Waals surface area contributed by atoms with Crippen molar-refractivity contribution in [1.82, 2.24) is 9.62 Å². The Morgan fingerprint density at radius 2 is 1.64 bits per heavy atom. The Kier molecular flexibility index (Phi) is 6.15. The minimum Gasteiger partial charge on any atom is -0.497 e. The molecular weight excluding hydrogens is 385 g/mol. The van der Waals surface area contributed by atoms with Crippen LogP contribution < -0.4 is 14.4 Å². The summed E-state index contributed by atoms with van der Waals surface area (Å²) in [5.41, 5.74) is 0.897. The summed E-state index contributed by atoms with van der Waals surface area (Å²) in [7, 11) is -2.28. The Hall–Kier alpha value is -2.65. The highest BCUT2D eigenvalue weighted by Crippen LogP contribution is 2.17. The molecule has 0 aromatic heterocycles. The number of piperazine rings is 1. The third-order valence-electron chi connectivity index (χ3n) is 4.61. The SMILES string of the molecule is COc1ccc(S(=O)(=O)NCC(=O)N2CCN(c3ccc(F)cc3)CC2)cc1. The van der Waals surface area contributed by atoms with Gasteiger partial charge in [0.05, 0.1) is 18.6 Å². The number of hydrogen-bond acceptors (Lipinski definition) is 5. The Labute approximate surface area is 163 Å². The van der Waals surface area contributed by atoms with E-state index < -0.39 is 10.0 Å². The highest BCUT2D eigenvalue weighted by molar-refractivity contribution is 7.89. The summed E-state index contributed by atoms with van der Waals surface area (Å²) in [4.78, 5) is 16.1. The fourth-order valence-corrected chi connectivity index (χ4v) is 3.95. The molecule has 7 nitrogen and oxygen atoms in total. The minimum atomic E-state index is -3.78. The van der Waals surface area contributed by atoms with Crippen molar-refractivity contribution in [2.24, 2.45) is 0 Å². The first-order valence-electron chi connectivity index (χ1n) is 8.81. The highest BCUT2D eigenvalue weighted by Gasteiger charge is 2.23. The first kappa shape index (κ1) is 20.1. The van der Waals surface area contributed by atoms with E-state index >= 15 is 0 Å². The molecule has 1 N–H and O–H groups in total. The zero-order valence-electron chi connectivity index (χ0n) is 15.5. The monoisotopic (exact) mass is 407 g/mol. The van der Waals surface area contributed by atoms with Gasteiger partial charge in [-0.1, -0.05) is 0 Å². The number of methoxy groups -OCH3 is 1. The van der Waals surface area contributed by atoms with Gasteiger partial charge in [0.2, 0.25) is 15.9 Å². The van der Waals surface area contributed by atoms with Crippen LogP contribution in [0.25, 0.3) is 0 Å². The van der Waals surface area contributed by atoms with Crippen molar-refractivity contribution < 1.29 is 22.3 Å². The number of rotatable bonds is 6. The number of halogens is 1. The number of nitrogens with zero attached hydrogens (tertiary/aromatic N) is 2. The van der Waals surface area contributed by atoms with E-state index in [4.69, 9.17) is 4.74 Å². The number of nitrogens with one attached hydrogen (secondary N) is 1. The van der Waals surface area contributed by atoms with E-state index in [9.17, 15) is 17.6 Å². The number of carbonyl (C=O) groups excluding carboxylic acids is 1. The van der Waals surface area contributed by atoms with E-state index in [2.05, 4.69) is 9.62 Å². The predicted molar refractivity (Wildman–Crippen MR) is 103 cm³/mol. The van der Waals surface area contributed by atoms with E-state index in [0.29, 0.717) is 31.9 Å². The molecule has 0 aliphatic carbocycles. The van der Waals surface area contributed by atoms with Crippen LogP contribution in [-0.4, -0.2) is 59.1 Å². The van der Waals surface area contributed by atoms with Gasteiger partial charge in [0.1, 0.15) is 11.6 Å². The summed E-state index contributed by atoms with van der Waals surface area (Å²) < 4.78 is 45.0. The quantitative estimate of drug-likeness (QED) is 0.785. The van der Waals surface area contributed by atoms with Crippen LogP contribution in [-0.2, 0) is 14.8 Å². The van der Waals surface area contributed by atoms with E-state index in [0.717, 1.165) is 5.69 Å². The second-order valence-corrected chi connectivity index (χ2v) is 8.11. The fourth-order valence-electron chi connectivity index (χ4n) is 2.97. The summed E-state index contributed by atoms with van der Waals surface area (Å²) in [5, 5.41) is 0. The van der Waals surface area contributed by atoms with Gasteiger partial charge in [0, 0.05) is 31.9 Å². The van der Waals surface area contributed by atoms with E-state index in [-0.39, 0.29) is 23.2 Å². The van der Waals surface area contributed by atoms with E-state index in [1.807, 2.05) is 0 Å². The zero-order valence-corrected chi connectivity index (χ0v) is 16.3. The predicted octanol–water partition coefficient (Wildman–Crippen LogP) is 1.46. The number of ether oxygens (including phenoxy) is 1. The van der Waals surface area contributed by atoms with Crippen molar-refractivity contribution in [2.75, 3.05) is 44.7 Å². The Morgan fingerprint density at radius 1 is 1.04 bits per heavy atom. The molecule has 2 aromatic rings. The largest absolute Gasteiger partial charge is 0.497 e. The molecule has 0 unspecified atom stereocenters. The molecule has 3 rings (SSSR count). The normalized spacial score (nSPS) is 14.8. The standard InChI is InChI=1S/C19H22FN3O4S/c1-27-17-6-8-18(9-7-17)28(25,26)21-14-19(24)23-12-10-22(11-13-23)16-4-2-15(20)3-5-16/h2-9,21H,10-14H2,1H3. The van der Waals surface area contributed by atoms with Gasteiger partial charge in [-0.05, 0) is 48.5 Å². The Bertz CT molecular complexity index is 909. The van der Waals surface area contributed by atoms with Crippen LogP contribution in [0.2, 0.25) is 0 Å². The molecule has 1 fully saturated rings. The summed E-state index contributed by atoms with van der Waals surface area (Å²) in [5.74, 6) is -0.0217. The third-order valence-corrected chi connectivity index (χ3v) is 6.02. The Morgan fingerprint density at radius 3 is 2.21 bits per heavy atom. The number of hydrogen-bond donors (Lipinski definition) is 1. The van der Waals surface area contributed by atoms with Crippen LogP contribution in [0.15, 0.2) is 53.4 Å². The summed E-state index contributed by atoms with van der Waals surface area (Å²) in [6.45, 7) is 1.84. The lowest BCUT2D eigenvalue weighted by Crippen LogP contribution is -2.51. The van der Waals surface area contributed by atoms with Crippen LogP contribution in [0.3, 0.4) is 0 Å². The second-order valence-electron chi connectivity index (χ2n) is 6.34. The second kappa shape index (κ2) is 8.57. The van der Waals surface area contributed by atoms with Gasteiger partial charge in [0.25, 0.3) is 0 Å². The van der Waals surface area contributed by atoms with Crippen molar-refractivity contribution in [1.29, 1.82) is 0 Å². The van der Waals surface area contributed by atoms with E-state index in [1.54, 1.807) is 29.2 Å². The van der Waals surface area contributed by atoms with Gasteiger partial charge >= 0.3 is 0 Å². The van der Waals surface area contributed by atoms with Crippen LogP contribution >= 0.6 is 0 Å². The summed E-state index contributed by atoms with van der Waals surface area (Å²) in [6.07, 6.45) is 0. The molecule has 1 amide bonds. The Balaban J connectivity index is 1.52. The number of sulfonamides is 1. The topological polar surface area (TPSA) is 78.9 Å². The molecule has 0 spiro atoms. The lowest BCUT2D eigenvalue weighted by atomic mass is 10.2. The number of anilines is 1. The van der Waals surface area contributed by atoms with Gasteiger partial charge in [-0.2, -0.15) is 0 Å². The molecule has 9 heteroatoms. The van der Waals surface area contributed by atoms with Gasteiger partial charge in [-0.25, -0.2) is 17.5 Å². The lowest BCUT2D eigenvalue weighted by Gasteiger charge is -2.36. The molecule has 150 valence electrons. The van der Waals surface area contributed by atoms with Gasteiger partial charge in [0.15, 0.2) is 0 Å². The molecule has 1 aliphatic rings. The maximum absolute atomic E-state index is 13.0. The van der Waals surface area contributed by atoms with Crippen molar-refractivity contribution in [3.05, 3.63) is 54.3 Å². The number of amides is 1. The van der Waals surface area contributed by atoms with Crippen LogP contribution in [0.1, 0.15) is 0 Å². The lowest BCUT2D eigenvalue weighted by molar-refractivity contribution is -0.130. The maximum atomic E-state index is 13.0. The van der Waals surface area contributed by atoms with Crippen LogP contribution in [0.5, 0.6) is 5.75 Å². The van der Waals surface area contributed by atoms with E-state index in [1.165, 1.54) is 31.4 Å². The zero-order chi connectivity index (χ0) is 20.1. The maximum Gasteiger partial charge on any atom is 0.241 e. The van der Waals surface area contributed by atoms with Crippen molar-refractivity contribution in [3.63, 3.8) is 0 Å². The number of carbonyl (C=O) groups is 1. The molecule has 0 bridgehead atoms. The first-order chi connectivity index (χ1) is 13.4. The smallest absolute Gasteiger partial charge is 0.241 e. The molecule has 0 radical (unpaired) electrons. The highest BCUT2D eigenvalue weighted by atomic mass is 32.2. The van der Waals surface area contributed by atoms with Crippen molar-refractivity contribution in [2.45, 2.75) is 4.90 Å². The molecule has 0 atom stereocenters. The third kappa shape index (κ3) is 4.79. The summed E-state index contributed by atoms with van der Waals surface area (Å²) >= 11 is 0. The molecule has 2 aromatic carbocycles. The summed E-state index contributed by atoms with van der Waals surface area (Å²) in [6, 6.07) is 12.2. The van der Waals surface area contributed by atoms with Crippen LogP contribution in [0, 0.1) is 5.82 Å². The minimum absolute atomic E-state index is 0.0715. The molecule has 1 saturated heterocycles. The van der Waals surface area contributed by atoms with Gasteiger partial charge in [-0.3, -0.25) is 4.79 Å². The average molecular weight is 407 g/mol. The molecule has 28 heavy (non-hydrogen) atoms. The molecule has 1 heterocycles. The average Bonchev–Trinajstić information content (AvgIpc) is 2.73. The van der Waals surface area contributed by atoms with Crippen LogP contribution in [0.4, 0.5) is 10.1 Å². The van der Waals surface area contributed by atoms with Gasteiger partial charge < -0.3 is 14.5 Å². The number of benzene rings is 2.